The lowest BCUT2D eigenvalue weighted by atomic mass is 10.1. The molecule has 24 heavy (non-hydrogen) atoms. The first-order valence-corrected chi connectivity index (χ1v) is 7.12. The van der Waals surface area contributed by atoms with E-state index in [1.807, 2.05) is 6.07 Å². The van der Waals surface area contributed by atoms with Gasteiger partial charge >= 0.3 is 6.18 Å². The number of nitriles is 1. The van der Waals surface area contributed by atoms with Crippen molar-refractivity contribution < 1.29 is 18.3 Å². The van der Waals surface area contributed by atoms with Gasteiger partial charge in [0.25, 0.3) is 0 Å². The van der Waals surface area contributed by atoms with Crippen LogP contribution in [0.3, 0.4) is 0 Å². The van der Waals surface area contributed by atoms with Crippen molar-refractivity contribution in [2.24, 2.45) is 0 Å². The number of hydrogen-bond donors (Lipinski definition) is 1. The number of rotatable bonds is 2. The van der Waals surface area contributed by atoms with Crippen LogP contribution in [0.25, 0.3) is 10.9 Å². The zero-order valence-electron chi connectivity index (χ0n) is 12.0. The average Bonchev–Trinajstić information content (AvgIpc) is 2.83. The van der Waals surface area contributed by atoms with E-state index in [2.05, 4.69) is 5.10 Å². The van der Waals surface area contributed by atoms with Gasteiger partial charge in [-0.2, -0.15) is 18.4 Å². The van der Waals surface area contributed by atoms with E-state index < -0.39 is 11.7 Å². The normalized spacial score (nSPS) is 11.6. The lowest BCUT2D eigenvalue weighted by Gasteiger charge is -2.13. The van der Waals surface area contributed by atoms with E-state index in [-0.39, 0.29) is 23.0 Å². The van der Waals surface area contributed by atoms with Gasteiger partial charge in [-0.25, -0.2) is 0 Å². The van der Waals surface area contributed by atoms with Crippen molar-refractivity contribution in [2.75, 3.05) is 0 Å². The molecule has 0 radical (unpaired) electrons. The summed E-state index contributed by atoms with van der Waals surface area (Å²) in [5.41, 5.74) is -0.137. The molecular formula is C16H9ClF3N3O. The third-order valence-corrected chi connectivity index (χ3v) is 3.79. The van der Waals surface area contributed by atoms with E-state index in [0.717, 1.165) is 6.07 Å². The number of aromatic hydroxyl groups is 1. The molecule has 3 rings (SSSR count). The van der Waals surface area contributed by atoms with E-state index in [4.69, 9.17) is 16.9 Å². The molecule has 0 unspecified atom stereocenters. The van der Waals surface area contributed by atoms with Crippen LogP contribution in [0.2, 0.25) is 5.02 Å². The summed E-state index contributed by atoms with van der Waals surface area (Å²) >= 11 is 5.67. The Morgan fingerprint density at radius 3 is 2.62 bits per heavy atom. The van der Waals surface area contributed by atoms with Crippen molar-refractivity contribution in [3.05, 3.63) is 58.1 Å². The minimum atomic E-state index is -4.56. The van der Waals surface area contributed by atoms with Crippen LogP contribution in [0.5, 0.6) is 5.88 Å². The smallest absolute Gasteiger partial charge is 0.416 e. The SMILES string of the molecule is N#Cc1ccc2c(c1)c(O)nn2Cc1ccc(Cl)cc1C(F)(F)F. The Morgan fingerprint density at radius 2 is 1.96 bits per heavy atom. The van der Waals surface area contributed by atoms with E-state index in [1.165, 1.54) is 35.0 Å². The molecule has 0 saturated heterocycles. The van der Waals surface area contributed by atoms with Gasteiger partial charge in [-0.15, -0.1) is 5.10 Å². The number of alkyl halides is 3. The van der Waals surface area contributed by atoms with Crippen LogP contribution in [0.4, 0.5) is 13.2 Å². The van der Waals surface area contributed by atoms with Gasteiger partial charge in [-0.1, -0.05) is 17.7 Å². The van der Waals surface area contributed by atoms with Gasteiger partial charge in [0, 0.05) is 5.02 Å². The molecule has 0 amide bonds. The second-order valence-corrected chi connectivity index (χ2v) is 5.56. The molecule has 0 aliphatic carbocycles. The van der Waals surface area contributed by atoms with Crippen LogP contribution >= 0.6 is 11.6 Å². The zero-order valence-corrected chi connectivity index (χ0v) is 12.7. The van der Waals surface area contributed by atoms with E-state index in [9.17, 15) is 18.3 Å². The Kier molecular flexibility index (Phi) is 3.85. The molecule has 0 saturated carbocycles. The fourth-order valence-corrected chi connectivity index (χ4v) is 2.64. The highest BCUT2D eigenvalue weighted by Gasteiger charge is 2.33. The Hall–Kier alpha value is -2.72. The number of halogens is 4. The second kappa shape index (κ2) is 5.73. The standard InChI is InChI=1S/C16H9ClF3N3O/c17-11-3-2-10(13(6-11)16(18,19)20)8-23-14-4-1-9(7-21)5-12(14)15(24)22-23/h1-6H,8H2,(H,22,24). The highest BCUT2D eigenvalue weighted by Crippen LogP contribution is 2.35. The van der Waals surface area contributed by atoms with Crippen molar-refractivity contribution in [2.45, 2.75) is 12.7 Å². The number of fused-ring (bicyclic) bond motifs is 1. The fourth-order valence-electron chi connectivity index (χ4n) is 2.46. The molecule has 0 aliphatic rings. The Bertz CT molecular complexity index is 973. The average molecular weight is 352 g/mol. The molecule has 0 bridgehead atoms. The number of benzene rings is 2. The maximum Gasteiger partial charge on any atom is 0.416 e. The molecule has 0 aliphatic heterocycles. The molecule has 1 N–H and O–H groups in total. The molecule has 1 aromatic heterocycles. The largest absolute Gasteiger partial charge is 0.492 e. The van der Waals surface area contributed by atoms with Crippen molar-refractivity contribution in [1.29, 1.82) is 5.26 Å². The minimum absolute atomic E-state index is 0.0158. The molecule has 122 valence electrons. The summed E-state index contributed by atoms with van der Waals surface area (Å²) in [6.45, 7) is -0.199. The van der Waals surface area contributed by atoms with Gasteiger partial charge in [0.05, 0.1) is 34.6 Å². The summed E-state index contributed by atoms with van der Waals surface area (Å²) in [7, 11) is 0. The van der Waals surface area contributed by atoms with Crippen molar-refractivity contribution in [3.8, 4) is 11.9 Å². The van der Waals surface area contributed by atoms with Gasteiger partial charge in [0.15, 0.2) is 0 Å². The van der Waals surface area contributed by atoms with E-state index >= 15 is 0 Å². The van der Waals surface area contributed by atoms with Crippen LogP contribution in [0.15, 0.2) is 36.4 Å². The topological polar surface area (TPSA) is 61.8 Å². The fraction of sp³-hybridized carbons (Fsp3) is 0.125. The molecule has 3 aromatic rings. The highest BCUT2D eigenvalue weighted by atomic mass is 35.5. The van der Waals surface area contributed by atoms with Crippen molar-refractivity contribution in [1.82, 2.24) is 9.78 Å². The van der Waals surface area contributed by atoms with Gasteiger partial charge < -0.3 is 5.11 Å². The number of aromatic nitrogens is 2. The molecule has 4 nitrogen and oxygen atoms in total. The number of nitrogens with zero attached hydrogens (tertiary/aromatic N) is 3. The van der Waals surface area contributed by atoms with Gasteiger partial charge in [-0.3, -0.25) is 4.68 Å². The highest BCUT2D eigenvalue weighted by molar-refractivity contribution is 6.30. The first-order chi connectivity index (χ1) is 11.3. The van der Waals surface area contributed by atoms with Crippen LogP contribution in [-0.4, -0.2) is 14.9 Å². The third kappa shape index (κ3) is 2.88. The maximum atomic E-state index is 13.2. The first kappa shape index (κ1) is 16.1. The number of hydrogen-bond acceptors (Lipinski definition) is 3. The molecule has 8 heteroatoms. The van der Waals surface area contributed by atoms with Crippen molar-refractivity contribution >= 4 is 22.5 Å². The predicted molar refractivity (Wildman–Crippen MR) is 81.7 cm³/mol. The predicted octanol–water partition coefficient (Wildman–Crippen LogP) is 4.33. The zero-order chi connectivity index (χ0) is 17.5. The lowest BCUT2D eigenvalue weighted by molar-refractivity contribution is -0.138. The summed E-state index contributed by atoms with van der Waals surface area (Å²) in [4.78, 5) is 0. The van der Waals surface area contributed by atoms with Gasteiger partial charge in [-0.05, 0) is 35.9 Å². The summed E-state index contributed by atoms with van der Waals surface area (Å²) in [6, 6.07) is 9.90. The lowest BCUT2D eigenvalue weighted by Crippen LogP contribution is -2.12. The van der Waals surface area contributed by atoms with E-state index in [1.54, 1.807) is 0 Å². The summed E-state index contributed by atoms with van der Waals surface area (Å²) in [5, 5.41) is 22.9. The Balaban J connectivity index is 2.10. The van der Waals surface area contributed by atoms with Gasteiger partial charge in [0.2, 0.25) is 5.88 Å². The van der Waals surface area contributed by atoms with Gasteiger partial charge in [0.1, 0.15) is 0 Å². The molecule has 1 heterocycles. The maximum absolute atomic E-state index is 13.2. The molecule has 0 spiro atoms. The van der Waals surface area contributed by atoms with Crippen LogP contribution < -0.4 is 0 Å². The second-order valence-electron chi connectivity index (χ2n) is 5.12. The quantitative estimate of drug-likeness (QED) is 0.747. The Morgan fingerprint density at radius 1 is 1.21 bits per heavy atom. The van der Waals surface area contributed by atoms with Crippen LogP contribution in [0.1, 0.15) is 16.7 Å². The summed E-state index contributed by atoms with van der Waals surface area (Å²) in [6.07, 6.45) is -4.56. The minimum Gasteiger partial charge on any atom is -0.492 e. The molecular weight excluding hydrogens is 343 g/mol. The first-order valence-electron chi connectivity index (χ1n) is 6.75. The van der Waals surface area contributed by atoms with Crippen LogP contribution in [-0.2, 0) is 12.7 Å². The third-order valence-electron chi connectivity index (χ3n) is 3.56. The Labute approximate surface area is 139 Å². The monoisotopic (exact) mass is 351 g/mol. The van der Waals surface area contributed by atoms with Crippen molar-refractivity contribution in [3.63, 3.8) is 0 Å². The van der Waals surface area contributed by atoms with Crippen LogP contribution in [0, 0.1) is 11.3 Å². The summed E-state index contributed by atoms with van der Waals surface area (Å²) < 4.78 is 40.8. The molecule has 0 atom stereocenters. The molecule has 0 fully saturated rings. The summed E-state index contributed by atoms with van der Waals surface area (Å²) in [5.74, 6) is -0.343. The van der Waals surface area contributed by atoms with E-state index in [0.29, 0.717) is 16.5 Å². The molecule has 2 aromatic carbocycles.